The lowest BCUT2D eigenvalue weighted by molar-refractivity contribution is -0.138. The van der Waals surface area contributed by atoms with Gasteiger partial charge in [-0.15, -0.1) is 0 Å². The maximum atomic E-state index is 11.0. The molecule has 0 saturated carbocycles. The second-order valence-corrected chi connectivity index (χ2v) is 3.16. The summed E-state index contributed by atoms with van der Waals surface area (Å²) in [6.07, 6.45) is 0.0411. The van der Waals surface area contributed by atoms with Gasteiger partial charge in [0.25, 0.3) is 0 Å². The van der Waals surface area contributed by atoms with Gasteiger partial charge in [-0.05, 0) is 13.8 Å². The van der Waals surface area contributed by atoms with Gasteiger partial charge in [-0.25, -0.2) is 0 Å². The van der Waals surface area contributed by atoms with Crippen LogP contribution in [-0.4, -0.2) is 36.2 Å². The van der Waals surface area contributed by atoms with Crippen molar-refractivity contribution in [3.63, 3.8) is 0 Å². The van der Waals surface area contributed by atoms with Crippen molar-refractivity contribution >= 4 is 11.9 Å². The Balaban J connectivity index is 3.31. The van der Waals surface area contributed by atoms with Gasteiger partial charge in [0.1, 0.15) is 0 Å². The van der Waals surface area contributed by atoms with Crippen LogP contribution in [0.25, 0.3) is 0 Å². The van der Waals surface area contributed by atoms with Gasteiger partial charge in [-0.2, -0.15) is 0 Å². The zero-order chi connectivity index (χ0) is 11.0. The Bertz CT molecular complexity index is 191. The van der Waals surface area contributed by atoms with E-state index in [9.17, 15) is 9.59 Å². The molecule has 0 aliphatic rings. The molecule has 0 aliphatic heterocycles. The van der Waals surface area contributed by atoms with Crippen molar-refractivity contribution in [3.05, 3.63) is 0 Å². The minimum atomic E-state index is -0.960. The Labute approximate surface area is 83.4 Å². The third kappa shape index (κ3) is 8.99. The molecule has 0 rings (SSSR count). The summed E-state index contributed by atoms with van der Waals surface area (Å²) in [6, 6.07) is 0. The molecular weight excluding hydrogens is 186 g/mol. The van der Waals surface area contributed by atoms with Crippen LogP contribution in [0.2, 0.25) is 0 Å². The highest BCUT2D eigenvalue weighted by Crippen LogP contribution is 1.89. The lowest BCUT2D eigenvalue weighted by Crippen LogP contribution is -2.28. The molecule has 2 N–H and O–H groups in total. The summed E-state index contributed by atoms with van der Waals surface area (Å²) < 4.78 is 5.19. The molecule has 0 bridgehead atoms. The van der Waals surface area contributed by atoms with Crippen molar-refractivity contribution < 1.29 is 19.4 Å². The molecule has 14 heavy (non-hydrogen) atoms. The lowest BCUT2D eigenvalue weighted by atomic mass is 10.3. The maximum Gasteiger partial charge on any atom is 0.303 e. The predicted octanol–water partition coefficient (Wildman–Crippen LogP) is 0.392. The normalized spacial score (nSPS) is 10.2. The Morgan fingerprint density at radius 1 is 1.36 bits per heavy atom. The number of aliphatic carboxylic acids is 1. The number of carbonyl (C=O) groups excluding carboxylic acids is 1. The topological polar surface area (TPSA) is 75.6 Å². The maximum absolute atomic E-state index is 11.0. The van der Waals surface area contributed by atoms with Crippen molar-refractivity contribution in [2.24, 2.45) is 0 Å². The van der Waals surface area contributed by atoms with Gasteiger partial charge in [-0.3, -0.25) is 9.59 Å². The van der Waals surface area contributed by atoms with Crippen molar-refractivity contribution in [2.75, 3.05) is 13.2 Å². The molecule has 0 radical (unpaired) electrons. The molecule has 82 valence electrons. The molecule has 0 spiro atoms. The average Bonchev–Trinajstić information content (AvgIpc) is 2.08. The summed E-state index contributed by atoms with van der Waals surface area (Å²) in [5, 5.41) is 10.9. The summed E-state index contributed by atoms with van der Waals surface area (Å²) in [6.45, 7) is 4.70. The van der Waals surface area contributed by atoms with E-state index >= 15 is 0 Å². The van der Waals surface area contributed by atoms with Crippen molar-refractivity contribution in [2.45, 2.75) is 32.8 Å². The molecule has 0 heterocycles. The smallest absolute Gasteiger partial charge is 0.303 e. The van der Waals surface area contributed by atoms with E-state index in [1.807, 2.05) is 13.8 Å². The van der Waals surface area contributed by atoms with Crippen molar-refractivity contribution in [1.29, 1.82) is 0 Å². The van der Waals surface area contributed by atoms with E-state index in [-0.39, 0.29) is 24.9 Å². The fourth-order valence-corrected chi connectivity index (χ4v) is 0.794. The van der Waals surface area contributed by atoms with E-state index in [4.69, 9.17) is 9.84 Å². The molecule has 0 aromatic heterocycles. The summed E-state index contributed by atoms with van der Waals surface area (Å²) >= 11 is 0. The highest BCUT2D eigenvalue weighted by Gasteiger charge is 2.04. The third-order valence-corrected chi connectivity index (χ3v) is 1.44. The van der Waals surface area contributed by atoms with Gasteiger partial charge in [0.05, 0.1) is 19.1 Å². The van der Waals surface area contributed by atoms with E-state index in [2.05, 4.69) is 5.32 Å². The molecule has 0 atom stereocenters. The van der Waals surface area contributed by atoms with E-state index < -0.39 is 5.97 Å². The molecule has 0 aromatic carbocycles. The fourth-order valence-electron chi connectivity index (χ4n) is 0.794. The molecule has 0 aliphatic carbocycles. The minimum Gasteiger partial charge on any atom is -0.481 e. The molecule has 1 amide bonds. The van der Waals surface area contributed by atoms with Crippen LogP contribution in [0.15, 0.2) is 0 Å². The van der Waals surface area contributed by atoms with Gasteiger partial charge in [0.15, 0.2) is 0 Å². The number of carboxylic acids is 1. The number of ether oxygens (including phenoxy) is 1. The van der Waals surface area contributed by atoms with Gasteiger partial charge in [-0.1, -0.05) is 0 Å². The van der Waals surface area contributed by atoms with E-state index in [1.165, 1.54) is 0 Å². The van der Waals surface area contributed by atoms with Crippen LogP contribution in [0.5, 0.6) is 0 Å². The zero-order valence-electron chi connectivity index (χ0n) is 8.58. The Hall–Kier alpha value is -1.10. The summed E-state index contributed by atoms with van der Waals surface area (Å²) in [7, 11) is 0. The van der Waals surface area contributed by atoms with Crippen LogP contribution in [0.3, 0.4) is 0 Å². The molecule has 0 fully saturated rings. The monoisotopic (exact) mass is 203 g/mol. The van der Waals surface area contributed by atoms with Crippen LogP contribution in [-0.2, 0) is 14.3 Å². The van der Waals surface area contributed by atoms with Crippen LogP contribution >= 0.6 is 0 Å². The quantitative estimate of drug-likeness (QED) is 0.587. The van der Waals surface area contributed by atoms with Crippen LogP contribution in [0, 0.1) is 0 Å². The summed E-state index contributed by atoms with van der Waals surface area (Å²) in [5.41, 5.74) is 0. The van der Waals surface area contributed by atoms with Gasteiger partial charge in [0.2, 0.25) is 5.91 Å². The summed E-state index contributed by atoms with van der Waals surface area (Å²) in [4.78, 5) is 21.1. The SMILES string of the molecule is CC(C)OCCNC(=O)CCC(=O)O. The number of hydrogen-bond acceptors (Lipinski definition) is 3. The number of amides is 1. The Morgan fingerprint density at radius 3 is 2.50 bits per heavy atom. The number of carbonyl (C=O) groups is 2. The van der Waals surface area contributed by atoms with E-state index in [1.54, 1.807) is 0 Å². The second kappa shape index (κ2) is 7.32. The zero-order valence-corrected chi connectivity index (χ0v) is 8.58. The first-order valence-corrected chi connectivity index (χ1v) is 4.62. The second-order valence-electron chi connectivity index (χ2n) is 3.16. The van der Waals surface area contributed by atoms with Gasteiger partial charge < -0.3 is 15.2 Å². The molecule has 5 nitrogen and oxygen atoms in total. The third-order valence-electron chi connectivity index (χ3n) is 1.44. The van der Waals surface area contributed by atoms with Crippen LogP contribution in [0.4, 0.5) is 0 Å². The molecular formula is C9H17NO4. The van der Waals surface area contributed by atoms with E-state index in [0.717, 1.165) is 0 Å². The first kappa shape index (κ1) is 12.9. The highest BCUT2D eigenvalue weighted by molar-refractivity contribution is 5.80. The molecule has 0 unspecified atom stereocenters. The van der Waals surface area contributed by atoms with Crippen LogP contribution < -0.4 is 5.32 Å². The first-order chi connectivity index (χ1) is 6.52. The summed E-state index contributed by atoms with van der Waals surface area (Å²) in [5.74, 6) is -1.21. The van der Waals surface area contributed by atoms with Crippen molar-refractivity contribution in [3.8, 4) is 0 Å². The molecule has 0 saturated heterocycles. The number of hydrogen-bond donors (Lipinski definition) is 2. The fraction of sp³-hybridized carbons (Fsp3) is 0.778. The minimum absolute atomic E-state index is 0.0248. The molecule has 5 heteroatoms. The standard InChI is InChI=1S/C9H17NO4/c1-7(2)14-6-5-10-8(11)3-4-9(12)13/h7H,3-6H2,1-2H3,(H,10,11)(H,12,13). The number of carboxylic acid groups (broad SMARTS) is 1. The van der Waals surface area contributed by atoms with Gasteiger partial charge >= 0.3 is 5.97 Å². The largest absolute Gasteiger partial charge is 0.481 e. The van der Waals surface area contributed by atoms with E-state index in [0.29, 0.717) is 13.2 Å². The number of nitrogens with one attached hydrogen (secondary N) is 1. The predicted molar refractivity (Wildman–Crippen MR) is 51.0 cm³/mol. The molecule has 0 aromatic rings. The number of rotatable bonds is 7. The van der Waals surface area contributed by atoms with Crippen molar-refractivity contribution in [1.82, 2.24) is 5.32 Å². The Kier molecular flexibility index (Phi) is 6.74. The highest BCUT2D eigenvalue weighted by atomic mass is 16.5. The Morgan fingerprint density at radius 2 is 2.00 bits per heavy atom. The van der Waals surface area contributed by atoms with Crippen LogP contribution in [0.1, 0.15) is 26.7 Å². The average molecular weight is 203 g/mol. The first-order valence-electron chi connectivity index (χ1n) is 4.62. The lowest BCUT2D eigenvalue weighted by Gasteiger charge is -2.07. The van der Waals surface area contributed by atoms with Gasteiger partial charge in [0, 0.05) is 13.0 Å².